The molecule has 2 rings (SSSR count). The zero-order valence-electron chi connectivity index (χ0n) is 15.5. The number of ether oxygens (including phenoxy) is 1. The number of carbonyl (C=O) groups is 3. The quantitative estimate of drug-likeness (QED) is 0.780. The molecular formula is C19H24ClN3O4. The monoisotopic (exact) mass is 393 g/mol. The Morgan fingerprint density at radius 2 is 1.67 bits per heavy atom. The molecule has 0 aromatic heterocycles. The van der Waals surface area contributed by atoms with Gasteiger partial charge in [0, 0.05) is 49.0 Å². The zero-order chi connectivity index (χ0) is 19.8. The topological polar surface area (TPSA) is 79.0 Å². The van der Waals surface area contributed by atoms with Gasteiger partial charge in [0.25, 0.3) is 0 Å². The van der Waals surface area contributed by atoms with Gasteiger partial charge in [-0.05, 0) is 30.2 Å². The van der Waals surface area contributed by atoms with E-state index in [1.54, 1.807) is 34.1 Å². The first-order valence-corrected chi connectivity index (χ1v) is 9.18. The van der Waals surface area contributed by atoms with Gasteiger partial charge in [-0.3, -0.25) is 9.59 Å². The van der Waals surface area contributed by atoms with Crippen LogP contribution >= 0.6 is 11.6 Å². The fourth-order valence-corrected chi connectivity index (χ4v) is 2.53. The van der Waals surface area contributed by atoms with Crippen LogP contribution in [0.1, 0.15) is 13.8 Å². The number of anilines is 1. The predicted octanol–water partition coefficient (Wildman–Crippen LogP) is 2.77. The van der Waals surface area contributed by atoms with E-state index in [-0.39, 0.29) is 17.9 Å². The number of hydrogen-bond donors (Lipinski definition) is 1. The summed E-state index contributed by atoms with van der Waals surface area (Å²) in [5.74, 6) is -0.390. The molecule has 0 aliphatic carbocycles. The fourth-order valence-electron chi connectivity index (χ4n) is 2.41. The van der Waals surface area contributed by atoms with Crippen molar-refractivity contribution in [2.24, 2.45) is 5.92 Å². The molecule has 3 amide bonds. The van der Waals surface area contributed by atoms with Crippen molar-refractivity contribution in [2.75, 3.05) is 38.1 Å². The van der Waals surface area contributed by atoms with Crippen molar-refractivity contribution in [3.05, 3.63) is 41.4 Å². The van der Waals surface area contributed by atoms with E-state index in [4.69, 9.17) is 16.3 Å². The number of nitrogens with one attached hydrogen (secondary N) is 1. The standard InChI is InChI=1S/C19H24ClN3O4/c1-14(2)13-27-19(26)23-11-9-22(10-12-23)18(25)8-7-17(24)21-16-5-3-15(20)4-6-16/h3-8,14H,9-13H2,1-2H3,(H,21,24). The second-order valence-electron chi connectivity index (χ2n) is 6.61. The lowest BCUT2D eigenvalue weighted by molar-refractivity contribution is -0.127. The van der Waals surface area contributed by atoms with Gasteiger partial charge in [-0.25, -0.2) is 4.79 Å². The molecule has 1 heterocycles. The molecule has 1 aromatic rings. The van der Waals surface area contributed by atoms with Crippen LogP contribution in [0.4, 0.5) is 10.5 Å². The van der Waals surface area contributed by atoms with Crippen LogP contribution in [0, 0.1) is 5.92 Å². The van der Waals surface area contributed by atoms with E-state index in [1.165, 1.54) is 12.2 Å². The van der Waals surface area contributed by atoms with Gasteiger partial charge in [-0.15, -0.1) is 0 Å². The summed E-state index contributed by atoms with van der Waals surface area (Å²) in [7, 11) is 0. The van der Waals surface area contributed by atoms with E-state index in [0.717, 1.165) is 0 Å². The van der Waals surface area contributed by atoms with Gasteiger partial charge >= 0.3 is 6.09 Å². The summed E-state index contributed by atoms with van der Waals surface area (Å²) in [5, 5.41) is 3.22. The highest BCUT2D eigenvalue weighted by atomic mass is 35.5. The van der Waals surface area contributed by atoms with Crippen LogP contribution in [-0.2, 0) is 14.3 Å². The molecule has 0 radical (unpaired) electrons. The maximum atomic E-state index is 12.2. The van der Waals surface area contributed by atoms with Crippen LogP contribution in [0.5, 0.6) is 0 Å². The number of carbonyl (C=O) groups excluding carboxylic acids is 3. The zero-order valence-corrected chi connectivity index (χ0v) is 16.2. The number of amides is 3. The molecule has 0 spiro atoms. The van der Waals surface area contributed by atoms with E-state index in [9.17, 15) is 14.4 Å². The molecule has 1 aromatic carbocycles. The van der Waals surface area contributed by atoms with E-state index < -0.39 is 5.91 Å². The summed E-state index contributed by atoms with van der Waals surface area (Å²) in [5.41, 5.74) is 0.593. The predicted molar refractivity (Wildman–Crippen MR) is 104 cm³/mol. The Bertz CT molecular complexity index is 695. The third kappa shape index (κ3) is 6.94. The van der Waals surface area contributed by atoms with Crippen LogP contribution in [0.15, 0.2) is 36.4 Å². The first-order valence-electron chi connectivity index (χ1n) is 8.80. The Hall–Kier alpha value is -2.54. The van der Waals surface area contributed by atoms with Crippen molar-refractivity contribution in [3.8, 4) is 0 Å². The maximum Gasteiger partial charge on any atom is 0.409 e. The van der Waals surface area contributed by atoms with Crippen LogP contribution in [0.3, 0.4) is 0 Å². The molecule has 1 fully saturated rings. The van der Waals surface area contributed by atoms with Crippen molar-refractivity contribution in [1.29, 1.82) is 0 Å². The molecular weight excluding hydrogens is 370 g/mol. The summed E-state index contributed by atoms with van der Waals surface area (Å²) in [6, 6.07) is 6.68. The minimum atomic E-state index is -0.401. The van der Waals surface area contributed by atoms with Gasteiger partial charge in [-0.1, -0.05) is 25.4 Å². The molecule has 0 bridgehead atoms. The Morgan fingerprint density at radius 1 is 1.07 bits per heavy atom. The molecule has 8 heteroatoms. The average Bonchev–Trinajstić information content (AvgIpc) is 2.66. The summed E-state index contributed by atoms with van der Waals surface area (Å²) >= 11 is 5.79. The van der Waals surface area contributed by atoms with Crippen molar-refractivity contribution >= 4 is 35.2 Å². The number of benzene rings is 1. The first kappa shape index (κ1) is 20.8. The van der Waals surface area contributed by atoms with Gasteiger partial charge in [0.2, 0.25) is 11.8 Å². The molecule has 7 nitrogen and oxygen atoms in total. The third-order valence-electron chi connectivity index (χ3n) is 3.88. The molecule has 27 heavy (non-hydrogen) atoms. The SMILES string of the molecule is CC(C)COC(=O)N1CCN(C(=O)C=CC(=O)Nc2ccc(Cl)cc2)CC1. The number of rotatable bonds is 5. The van der Waals surface area contributed by atoms with Crippen LogP contribution in [0.2, 0.25) is 5.02 Å². The second-order valence-corrected chi connectivity index (χ2v) is 7.05. The average molecular weight is 394 g/mol. The van der Waals surface area contributed by atoms with Crippen molar-refractivity contribution in [3.63, 3.8) is 0 Å². The van der Waals surface area contributed by atoms with Crippen LogP contribution < -0.4 is 5.32 Å². The van der Waals surface area contributed by atoms with Crippen molar-refractivity contribution in [1.82, 2.24) is 9.80 Å². The van der Waals surface area contributed by atoms with Gasteiger partial charge in [-0.2, -0.15) is 0 Å². The number of halogens is 1. The minimum Gasteiger partial charge on any atom is -0.449 e. The lowest BCUT2D eigenvalue weighted by Crippen LogP contribution is -2.50. The van der Waals surface area contributed by atoms with Gasteiger partial charge < -0.3 is 19.9 Å². The maximum absolute atomic E-state index is 12.2. The molecule has 1 N–H and O–H groups in total. The van der Waals surface area contributed by atoms with Crippen LogP contribution in [0.25, 0.3) is 0 Å². The third-order valence-corrected chi connectivity index (χ3v) is 4.13. The van der Waals surface area contributed by atoms with E-state index in [2.05, 4.69) is 5.32 Å². The summed E-state index contributed by atoms with van der Waals surface area (Å²) in [4.78, 5) is 39.2. The Morgan fingerprint density at radius 3 is 2.26 bits per heavy atom. The van der Waals surface area contributed by atoms with E-state index in [1.807, 2.05) is 13.8 Å². The van der Waals surface area contributed by atoms with Crippen molar-refractivity contribution < 1.29 is 19.1 Å². The lowest BCUT2D eigenvalue weighted by atomic mass is 10.2. The number of nitrogens with zero attached hydrogens (tertiary/aromatic N) is 2. The molecule has 1 saturated heterocycles. The summed E-state index contributed by atoms with van der Waals surface area (Å²) in [6.45, 7) is 5.94. The summed E-state index contributed by atoms with van der Waals surface area (Å²) in [6.07, 6.45) is 2.08. The molecule has 0 atom stereocenters. The molecule has 146 valence electrons. The molecule has 0 unspecified atom stereocenters. The molecule has 1 aliphatic heterocycles. The highest BCUT2D eigenvalue weighted by molar-refractivity contribution is 6.30. The number of piperazine rings is 1. The molecule has 0 saturated carbocycles. The first-order chi connectivity index (χ1) is 12.8. The highest BCUT2D eigenvalue weighted by Gasteiger charge is 2.24. The highest BCUT2D eigenvalue weighted by Crippen LogP contribution is 2.13. The van der Waals surface area contributed by atoms with E-state index >= 15 is 0 Å². The van der Waals surface area contributed by atoms with Crippen molar-refractivity contribution in [2.45, 2.75) is 13.8 Å². The minimum absolute atomic E-state index is 0.267. The van der Waals surface area contributed by atoms with Gasteiger partial charge in [0.1, 0.15) is 0 Å². The second kappa shape index (κ2) is 9.97. The Kier molecular flexibility index (Phi) is 7.67. The van der Waals surface area contributed by atoms with Gasteiger partial charge in [0.05, 0.1) is 6.61 Å². The number of hydrogen-bond acceptors (Lipinski definition) is 4. The normalized spacial score (nSPS) is 14.5. The Balaban J connectivity index is 1.76. The van der Waals surface area contributed by atoms with Gasteiger partial charge in [0.15, 0.2) is 0 Å². The largest absolute Gasteiger partial charge is 0.449 e. The molecule has 1 aliphatic rings. The fraction of sp³-hybridized carbons (Fsp3) is 0.421. The lowest BCUT2D eigenvalue weighted by Gasteiger charge is -2.33. The van der Waals surface area contributed by atoms with E-state index in [0.29, 0.717) is 43.5 Å². The Labute approximate surface area is 163 Å². The smallest absolute Gasteiger partial charge is 0.409 e. The summed E-state index contributed by atoms with van der Waals surface area (Å²) < 4.78 is 5.19. The van der Waals surface area contributed by atoms with Crippen LogP contribution in [-0.4, -0.2) is 60.5 Å².